The maximum absolute atomic E-state index is 5.01. The molecule has 0 rings (SSSR count). The van der Waals surface area contributed by atoms with E-state index < -0.39 is 0 Å². The summed E-state index contributed by atoms with van der Waals surface area (Å²) in [4.78, 5) is 0.944. The normalized spacial score (nSPS) is 17.8. The van der Waals surface area contributed by atoms with Crippen LogP contribution in [0.4, 0.5) is 0 Å². The number of thiocarbonyl (C=S) groups is 1. The molecule has 0 aliphatic rings. The fourth-order valence-corrected chi connectivity index (χ4v) is 25.0. The van der Waals surface area contributed by atoms with Gasteiger partial charge in [-0.05, 0) is 20.6 Å². The van der Waals surface area contributed by atoms with Crippen molar-refractivity contribution in [2.24, 2.45) is 0 Å². The van der Waals surface area contributed by atoms with Crippen LogP contribution in [0.1, 0.15) is 6.92 Å². The molecule has 0 aromatic rings. The second-order valence-corrected chi connectivity index (χ2v) is 20.9. The highest BCUT2D eigenvalue weighted by atomic mass is 32.9. The molecule has 0 aromatic heterocycles. The lowest BCUT2D eigenvalue weighted by Gasteiger charge is -2.22. The van der Waals surface area contributed by atoms with Crippen LogP contribution >= 0.6 is 60.7 Å². The monoisotopic (exact) mass is 281 g/mol. The summed E-state index contributed by atoms with van der Waals surface area (Å²) in [5.74, 6) is 0. The third-order valence-corrected chi connectivity index (χ3v) is 25.9. The largest absolute Gasteiger partial charge is 0.352 e. The molecule has 0 bridgehead atoms. The Morgan fingerprint density at radius 3 is 2.45 bits per heavy atom. The minimum Gasteiger partial charge on any atom is -0.352 e. The first-order valence-corrected chi connectivity index (χ1v) is 14.3. The standard InChI is InChI=1S/C3H13NP6S/c1-3(11)4-9(8-5)10(6)7-2/h7-8H,5-6H2,1-2H3,(H,4,11). The number of hydrogen-bond acceptors (Lipinski definition) is 1. The lowest BCUT2D eigenvalue weighted by atomic mass is 10.8. The molecule has 0 aliphatic heterocycles. The summed E-state index contributed by atoms with van der Waals surface area (Å²) in [5, 5.41) is 3.38. The molecule has 6 unspecified atom stereocenters. The summed E-state index contributed by atoms with van der Waals surface area (Å²) in [6.07, 6.45) is 0. The first-order valence-electron chi connectivity index (χ1n) is 2.87. The summed E-state index contributed by atoms with van der Waals surface area (Å²) >= 11 is 5.01. The Morgan fingerprint density at radius 1 is 1.64 bits per heavy atom. The van der Waals surface area contributed by atoms with Gasteiger partial charge in [-0.15, -0.1) is 17.9 Å². The van der Waals surface area contributed by atoms with Gasteiger partial charge in [-0.3, -0.25) is 0 Å². The molecule has 0 fully saturated rings. The number of hydrogen-bond donors (Lipinski definition) is 1. The summed E-state index contributed by atoms with van der Waals surface area (Å²) in [6, 6.07) is 0. The van der Waals surface area contributed by atoms with Gasteiger partial charge in [0, 0.05) is 7.45 Å². The van der Waals surface area contributed by atoms with Crippen molar-refractivity contribution >= 4 is 65.7 Å². The maximum atomic E-state index is 5.01. The number of rotatable bonds is 4. The molecule has 0 aliphatic carbocycles. The van der Waals surface area contributed by atoms with Crippen molar-refractivity contribution in [3.8, 4) is 0 Å². The average molecular weight is 281 g/mol. The van der Waals surface area contributed by atoms with E-state index in [1.807, 2.05) is 6.92 Å². The van der Waals surface area contributed by atoms with Crippen LogP contribution in [0.2, 0.25) is 0 Å². The molecule has 6 atom stereocenters. The van der Waals surface area contributed by atoms with Gasteiger partial charge in [0.05, 0.1) is 4.99 Å². The Bertz CT molecular complexity index is 131. The van der Waals surface area contributed by atoms with Crippen LogP contribution < -0.4 is 5.09 Å². The molecular formula is C3H13NP6S. The minimum absolute atomic E-state index is 0.0195. The first kappa shape index (κ1) is 13.5. The van der Waals surface area contributed by atoms with E-state index in [0.29, 0.717) is 0 Å². The van der Waals surface area contributed by atoms with Crippen LogP contribution in [-0.4, -0.2) is 11.7 Å². The van der Waals surface area contributed by atoms with Gasteiger partial charge in [-0.1, -0.05) is 28.4 Å². The highest BCUT2D eigenvalue weighted by Gasteiger charge is 2.12. The highest BCUT2D eigenvalue weighted by molar-refractivity contribution is 8.88. The lowest BCUT2D eigenvalue weighted by Crippen LogP contribution is -2.06. The predicted octanol–water partition coefficient (Wildman–Crippen LogP) is 4.11. The van der Waals surface area contributed by atoms with E-state index in [9.17, 15) is 0 Å². The zero-order chi connectivity index (χ0) is 8.85. The first-order chi connectivity index (χ1) is 5.11. The van der Waals surface area contributed by atoms with Gasteiger partial charge < -0.3 is 5.09 Å². The molecule has 0 spiro atoms. The summed E-state index contributed by atoms with van der Waals surface area (Å²) in [7, 11) is 7.74. The molecule has 8 heteroatoms. The molecule has 1 N–H and O–H groups in total. The Balaban J connectivity index is 3.84. The Kier molecular flexibility index (Phi) is 9.59. The Labute approximate surface area is 84.4 Å². The van der Waals surface area contributed by atoms with E-state index in [1.165, 1.54) is 0 Å². The van der Waals surface area contributed by atoms with Crippen molar-refractivity contribution in [3.05, 3.63) is 0 Å². The second kappa shape index (κ2) is 7.84. The van der Waals surface area contributed by atoms with E-state index in [0.717, 1.165) is 21.2 Å². The molecule has 0 amide bonds. The van der Waals surface area contributed by atoms with E-state index >= 15 is 0 Å². The second-order valence-electron chi connectivity index (χ2n) is 1.68. The predicted molar refractivity (Wildman–Crippen MR) is 77.2 cm³/mol. The van der Waals surface area contributed by atoms with Crippen LogP contribution in [0.5, 0.6) is 0 Å². The molecule has 0 heterocycles. The molecule has 0 radical (unpaired) electrons. The van der Waals surface area contributed by atoms with Crippen molar-refractivity contribution < 1.29 is 0 Å². The molecule has 0 aromatic carbocycles. The van der Waals surface area contributed by atoms with Gasteiger partial charge in [0.2, 0.25) is 0 Å². The van der Waals surface area contributed by atoms with Crippen LogP contribution in [0, 0.1) is 0 Å². The molecule has 0 saturated carbocycles. The van der Waals surface area contributed by atoms with E-state index in [-0.39, 0.29) is 14.4 Å². The van der Waals surface area contributed by atoms with Crippen LogP contribution in [-0.2, 0) is 0 Å². The van der Waals surface area contributed by atoms with Crippen LogP contribution in [0.3, 0.4) is 0 Å². The van der Waals surface area contributed by atoms with Crippen LogP contribution in [0.25, 0.3) is 0 Å². The topological polar surface area (TPSA) is 12.0 Å². The maximum Gasteiger partial charge on any atom is 0.0759 e. The van der Waals surface area contributed by atoms with Crippen molar-refractivity contribution in [1.82, 2.24) is 5.09 Å². The smallest absolute Gasteiger partial charge is 0.0759 e. The minimum atomic E-state index is -0.0195. The number of nitrogens with one attached hydrogen (secondary N) is 1. The van der Waals surface area contributed by atoms with Crippen molar-refractivity contribution in [1.29, 1.82) is 0 Å². The molecule has 0 saturated heterocycles. The summed E-state index contributed by atoms with van der Waals surface area (Å²) in [6.45, 7) is 4.35. The van der Waals surface area contributed by atoms with Gasteiger partial charge in [-0.2, -0.15) is 0 Å². The molecule has 11 heavy (non-hydrogen) atoms. The Hall–Kier alpha value is 2.47. The van der Waals surface area contributed by atoms with Gasteiger partial charge >= 0.3 is 0 Å². The van der Waals surface area contributed by atoms with E-state index in [1.54, 1.807) is 0 Å². The van der Waals surface area contributed by atoms with Crippen molar-refractivity contribution in [3.63, 3.8) is 0 Å². The van der Waals surface area contributed by atoms with E-state index in [2.05, 4.69) is 29.6 Å². The molecular weight excluding hydrogens is 268 g/mol. The zero-order valence-corrected chi connectivity index (χ0v) is 13.4. The van der Waals surface area contributed by atoms with Gasteiger partial charge in [0.1, 0.15) is 0 Å². The Morgan fingerprint density at radius 2 is 2.18 bits per heavy atom. The third-order valence-electron chi connectivity index (χ3n) is 0.830. The zero-order valence-electron chi connectivity index (χ0n) is 6.46. The average Bonchev–Trinajstić information content (AvgIpc) is 1.98. The quantitative estimate of drug-likeness (QED) is 0.614. The third kappa shape index (κ3) is 6.53. The van der Waals surface area contributed by atoms with Crippen molar-refractivity contribution in [2.45, 2.75) is 6.92 Å². The van der Waals surface area contributed by atoms with Crippen LogP contribution in [0.15, 0.2) is 0 Å². The summed E-state index contributed by atoms with van der Waals surface area (Å²) < 4.78 is 0. The highest BCUT2D eigenvalue weighted by Crippen LogP contribution is 2.89. The van der Waals surface area contributed by atoms with Gasteiger partial charge in [0.15, 0.2) is 0 Å². The lowest BCUT2D eigenvalue weighted by molar-refractivity contribution is 1.55. The van der Waals surface area contributed by atoms with Gasteiger partial charge in [0.25, 0.3) is 0 Å². The van der Waals surface area contributed by atoms with Gasteiger partial charge in [-0.25, -0.2) is 0 Å². The SMILES string of the molecule is CPP(P)P(NC(C)=S)PP. The molecule has 66 valence electrons. The summed E-state index contributed by atoms with van der Waals surface area (Å²) in [5.41, 5.74) is 0. The fourth-order valence-electron chi connectivity index (χ4n) is 0.397. The van der Waals surface area contributed by atoms with E-state index in [4.69, 9.17) is 12.2 Å². The van der Waals surface area contributed by atoms with Crippen molar-refractivity contribution in [2.75, 3.05) is 6.66 Å². The molecule has 1 nitrogen and oxygen atoms in total. The fraction of sp³-hybridized carbons (Fsp3) is 0.667.